The molecule has 0 spiro atoms. The Bertz CT molecular complexity index is 315. The van der Waals surface area contributed by atoms with Gasteiger partial charge in [-0.25, -0.2) is 9.37 Å². The van der Waals surface area contributed by atoms with Crippen molar-refractivity contribution in [1.82, 2.24) is 4.98 Å². The van der Waals surface area contributed by atoms with Crippen LogP contribution in [0.3, 0.4) is 0 Å². The number of hydrogen-bond donors (Lipinski definition) is 1. The van der Waals surface area contributed by atoms with Crippen molar-refractivity contribution in [3.63, 3.8) is 0 Å². The van der Waals surface area contributed by atoms with E-state index in [9.17, 15) is 4.39 Å². The second kappa shape index (κ2) is 4.14. The molecule has 3 nitrogen and oxygen atoms in total. The first kappa shape index (κ1) is 10.4. The molecular formula is C11H16FN3. The maximum Gasteiger partial charge on any atom is 0.141 e. The molecule has 2 heterocycles. The number of pyridine rings is 1. The molecule has 2 atom stereocenters. The Kier molecular flexibility index (Phi) is 2.86. The third-order valence-corrected chi connectivity index (χ3v) is 2.73. The molecule has 1 fully saturated rings. The van der Waals surface area contributed by atoms with Gasteiger partial charge in [0, 0.05) is 19.1 Å². The lowest BCUT2D eigenvalue weighted by Crippen LogP contribution is -2.46. The maximum atomic E-state index is 12.7. The number of hydrogen-bond acceptors (Lipinski definition) is 3. The van der Waals surface area contributed by atoms with Crippen LogP contribution in [0.2, 0.25) is 0 Å². The average molecular weight is 209 g/mol. The highest BCUT2D eigenvalue weighted by Gasteiger charge is 2.22. The molecule has 2 N–H and O–H groups in total. The topological polar surface area (TPSA) is 42.1 Å². The van der Waals surface area contributed by atoms with Crippen LogP contribution in [0.1, 0.15) is 13.3 Å². The van der Waals surface area contributed by atoms with Gasteiger partial charge in [0.2, 0.25) is 0 Å². The average Bonchev–Trinajstić information content (AvgIpc) is 2.17. The summed E-state index contributed by atoms with van der Waals surface area (Å²) in [5.74, 6) is 1.09. The van der Waals surface area contributed by atoms with E-state index in [0.29, 0.717) is 5.92 Å². The maximum absolute atomic E-state index is 12.7. The third-order valence-electron chi connectivity index (χ3n) is 2.73. The van der Waals surface area contributed by atoms with E-state index in [0.717, 1.165) is 25.3 Å². The molecule has 2 unspecified atom stereocenters. The fourth-order valence-corrected chi connectivity index (χ4v) is 2.14. The highest BCUT2D eigenvalue weighted by atomic mass is 19.1. The smallest absolute Gasteiger partial charge is 0.141 e. The molecule has 1 aliphatic heterocycles. The number of halogens is 1. The molecule has 2 rings (SSSR count). The van der Waals surface area contributed by atoms with Gasteiger partial charge in [-0.2, -0.15) is 0 Å². The number of nitrogens with two attached hydrogens (primary N) is 1. The molecule has 1 saturated heterocycles. The zero-order valence-electron chi connectivity index (χ0n) is 8.86. The minimum Gasteiger partial charge on any atom is -0.355 e. The molecule has 82 valence electrons. The second-order valence-electron chi connectivity index (χ2n) is 4.34. The lowest BCUT2D eigenvalue weighted by Gasteiger charge is -2.35. The lowest BCUT2D eigenvalue weighted by molar-refractivity contribution is 0.399. The molecule has 0 aliphatic carbocycles. The Morgan fingerprint density at radius 1 is 1.47 bits per heavy atom. The van der Waals surface area contributed by atoms with E-state index in [2.05, 4.69) is 16.8 Å². The van der Waals surface area contributed by atoms with E-state index in [1.165, 1.54) is 12.3 Å². The summed E-state index contributed by atoms with van der Waals surface area (Å²) in [5, 5.41) is 0. The largest absolute Gasteiger partial charge is 0.355 e. The fourth-order valence-electron chi connectivity index (χ4n) is 2.14. The molecule has 1 aromatic heterocycles. The van der Waals surface area contributed by atoms with Crippen molar-refractivity contribution < 1.29 is 4.39 Å². The lowest BCUT2D eigenvalue weighted by atomic mass is 9.97. The van der Waals surface area contributed by atoms with E-state index in [1.54, 1.807) is 6.07 Å². The first-order chi connectivity index (χ1) is 7.15. The summed E-state index contributed by atoms with van der Waals surface area (Å²) in [5.41, 5.74) is 5.94. The molecule has 0 amide bonds. The van der Waals surface area contributed by atoms with E-state index in [4.69, 9.17) is 5.73 Å². The molecule has 1 aromatic rings. The van der Waals surface area contributed by atoms with Crippen LogP contribution < -0.4 is 10.6 Å². The Balaban J connectivity index is 2.12. The van der Waals surface area contributed by atoms with Gasteiger partial charge in [-0.1, -0.05) is 6.92 Å². The van der Waals surface area contributed by atoms with Crippen LogP contribution in [0.5, 0.6) is 0 Å². The SMILES string of the molecule is CC1CC(N)CN(c2ccc(F)cn2)C1. The zero-order chi connectivity index (χ0) is 10.8. The Morgan fingerprint density at radius 3 is 2.87 bits per heavy atom. The summed E-state index contributed by atoms with van der Waals surface area (Å²) in [6.45, 7) is 3.94. The Morgan fingerprint density at radius 2 is 2.27 bits per heavy atom. The molecule has 4 heteroatoms. The van der Waals surface area contributed by atoms with Crippen molar-refractivity contribution in [2.24, 2.45) is 11.7 Å². The van der Waals surface area contributed by atoms with Crippen LogP contribution in [0, 0.1) is 11.7 Å². The monoisotopic (exact) mass is 209 g/mol. The molecule has 0 saturated carbocycles. The number of anilines is 1. The minimum absolute atomic E-state index is 0.195. The van der Waals surface area contributed by atoms with Gasteiger partial charge in [0.1, 0.15) is 11.6 Å². The Hall–Kier alpha value is -1.16. The molecule has 15 heavy (non-hydrogen) atoms. The van der Waals surface area contributed by atoms with E-state index < -0.39 is 0 Å². The fraction of sp³-hybridized carbons (Fsp3) is 0.545. The normalized spacial score (nSPS) is 26.7. The van der Waals surface area contributed by atoms with Crippen LogP contribution in [0.4, 0.5) is 10.2 Å². The predicted molar refractivity (Wildman–Crippen MR) is 58.2 cm³/mol. The zero-order valence-corrected chi connectivity index (χ0v) is 8.86. The number of piperidine rings is 1. The summed E-state index contributed by atoms with van der Waals surface area (Å²) in [6, 6.07) is 3.34. The number of aromatic nitrogens is 1. The molecule has 0 radical (unpaired) electrons. The Labute approximate surface area is 89.1 Å². The molecule has 0 bridgehead atoms. The van der Waals surface area contributed by atoms with Crippen LogP contribution in [0.15, 0.2) is 18.3 Å². The van der Waals surface area contributed by atoms with Crippen molar-refractivity contribution >= 4 is 5.82 Å². The first-order valence-electron chi connectivity index (χ1n) is 5.27. The minimum atomic E-state index is -0.298. The van der Waals surface area contributed by atoms with Crippen molar-refractivity contribution in [3.05, 3.63) is 24.1 Å². The van der Waals surface area contributed by atoms with Crippen LogP contribution in [-0.2, 0) is 0 Å². The predicted octanol–water partition coefficient (Wildman–Crippen LogP) is 1.39. The highest BCUT2D eigenvalue weighted by Crippen LogP contribution is 2.20. The van der Waals surface area contributed by atoms with Crippen molar-refractivity contribution in [2.75, 3.05) is 18.0 Å². The van der Waals surface area contributed by atoms with E-state index in [-0.39, 0.29) is 11.9 Å². The van der Waals surface area contributed by atoms with Gasteiger partial charge in [-0.05, 0) is 24.5 Å². The van der Waals surface area contributed by atoms with Gasteiger partial charge in [0.05, 0.1) is 6.20 Å². The summed E-state index contributed by atoms with van der Waals surface area (Å²) in [7, 11) is 0. The van der Waals surface area contributed by atoms with Gasteiger partial charge in [-0.15, -0.1) is 0 Å². The van der Waals surface area contributed by atoms with Crippen molar-refractivity contribution in [2.45, 2.75) is 19.4 Å². The van der Waals surface area contributed by atoms with Gasteiger partial charge < -0.3 is 10.6 Å². The van der Waals surface area contributed by atoms with Gasteiger partial charge in [0.15, 0.2) is 0 Å². The van der Waals surface area contributed by atoms with Gasteiger partial charge in [-0.3, -0.25) is 0 Å². The molecule has 1 aliphatic rings. The quantitative estimate of drug-likeness (QED) is 0.760. The third kappa shape index (κ3) is 2.45. The van der Waals surface area contributed by atoms with Crippen LogP contribution in [0.25, 0.3) is 0 Å². The standard InChI is InChI=1S/C11H16FN3/c1-8-4-10(13)7-15(6-8)11-3-2-9(12)5-14-11/h2-3,5,8,10H,4,6-7,13H2,1H3. The van der Waals surface area contributed by atoms with E-state index in [1.807, 2.05) is 0 Å². The highest BCUT2D eigenvalue weighted by molar-refractivity contribution is 5.38. The number of rotatable bonds is 1. The summed E-state index contributed by atoms with van der Waals surface area (Å²) in [4.78, 5) is 6.19. The summed E-state index contributed by atoms with van der Waals surface area (Å²) in [6.07, 6.45) is 2.30. The molecular weight excluding hydrogens is 193 g/mol. The summed E-state index contributed by atoms with van der Waals surface area (Å²) < 4.78 is 12.7. The second-order valence-corrected chi connectivity index (χ2v) is 4.34. The number of nitrogens with zero attached hydrogens (tertiary/aromatic N) is 2. The van der Waals surface area contributed by atoms with Crippen LogP contribution >= 0.6 is 0 Å². The molecule has 0 aromatic carbocycles. The van der Waals surface area contributed by atoms with Gasteiger partial charge in [0.25, 0.3) is 0 Å². The van der Waals surface area contributed by atoms with Crippen molar-refractivity contribution in [1.29, 1.82) is 0 Å². The van der Waals surface area contributed by atoms with E-state index >= 15 is 0 Å². The first-order valence-corrected chi connectivity index (χ1v) is 5.27. The van der Waals surface area contributed by atoms with Gasteiger partial charge >= 0.3 is 0 Å². The van der Waals surface area contributed by atoms with Crippen molar-refractivity contribution in [3.8, 4) is 0 Å². The van der Waals surface area contributed by atoms with Crippen LogP contribution in [-0.4, -0.2) is 24.1 Å². The summed E-state index contributed by atoms with van der Waals surface area (Å²) >= 11 is 0.